The lowest BCUT2D eigenvalue weighted by Gasteiger charge is -2.34. The van der Waals surface area contributed by atoms with Crippen LogP contribution in [0, 0.1) is 5.41 Å². The molecule has 0 radical (unpaired) electrons. The van der Waals surface area contributed by atoms with Crippen molar-refractivity contribution < 1.29 is 24.2 Å². The molecule has 1 amide bonds. The van der Waals surface area contributed by atoms with Crippen molar-refractivity contribution >= 4 is 17.6 Å². The monoisotopic (exact) mass is 448 g/mol. The molecular weight excluding hydrogens is 420 g/mol. The summed E-state index contributed by atoms with van der Waals surface area (Å²) >= 11 is 0. The molecule has 2 aromatic rings. The van der Waals surface area contributed by atoms with E-state index in [4.69, 9.17) is 9.47 Å². The summed E-state index contributed by atoms with van der Waals surface area (Å²) in [6.45, 7) is 2.39. The lowest BCUT2D eigenvalue weighted by Crippen LogP contribution is -2.44. The van der Waals surface area contributed by atoms with E-state index in [0.29, 0.717) is 23.7 Å². The molecule has 2 aromatic carbocycles. The molecule has 6 rings (SSSR count). The van der Waals surface area contributed by atoms with Crippen LogP contribution >= 0.6 is 0 Å². The van der Waals surface area contributed by atoms with Crippen LogP contribution in [0.2, 0.25) is 0 Å². The highest BCUT2D eigenvalue weighted by Crippen LogP contribution is 2.65. The Morgan fingerprint density at radius 1 is 1.06 bits per heavy atom. The summed E-state index contributed by atoms with van der Waals surface area (Å²) in [5, 5.41) is 12.5. The average Bonchev–Trinajstić information content (AvgIpc) is 3.21. The molecule has 7 heteroatoms. The van der Waals surface area contributed by atoms with Gasteiger partial charge in [0.25, 0.3) is 5.91 Å². The summed E-state index contributed by atoms with van der Waals surface area (Å²) < 4.78 is 11.5. The summed E-state index contributed by atoms with van der Waals surface area (Å²) in [4.78, 5) is 25.8. The number of ether oxygens (including phenoxy) is 2. The zero-order valence-corrected chi connectivity index (χ0v) is 18.5. The quantitative estimate of drug-likeness (QED) is 0.730. The van der Waals surface area contributed by atoms with Crippen LogP contribution in [0.3, 0.4) is 0 Å². The van der Waals surface area contributed by atoms with Gasteiger partial charge in [-0.2, -0.15) is 0 Å². The first-order chi connectivity index (χ1) is 16.0. The van der Waals surface area contributed by atoms with Gasteiger partial charge in [-0.15, -0.1) is 0 Å². The number of amides is 1. The Balaban J connectivity index is 1.07. The second-order valence-electron chi connectivity index (χ2n) is 9.77. The van der Waals surface area contributed by atoms with E-state index in [1.54, 1.807) is 18.2 Å². The number of nitrogens with zero attached hydrogens (tertiary/aromatic N) is 1. The average molecular weight is 449 g/mol. The van der Waals surface area contributed by atoms with Crippen LogP contribution in [0.4, 0.5) is 5.69 Å². The third-order valence-corrected chi connectivity index (χ3v) is 7.87. The summed E-state index contributed by atoms with van der Waals surface area (Å²) in [6.07, 6.45) is 4.63. The number of nitrogens with one attached hydrogen (secondary N) is 1. The number of carboxylic acids is 1. The van der Waals surface area contributed by atoms with Gasteiger partial charge < -0.3 is 24.8 Å². The normalized spacial score (nSPS) is 27.0. The maximum Gasteiger partial charge on any atom is 0.335 e. The Bertz CT molecular complexity index is 1080. The fourth-order valence-electron chi connectivity index (χ4n) is 5.74. The molecule has 1 unspecified atom stereocenters. The molecule has 0 aromatic heterocycles. The Hall–Kier alpha value is -3.06. The highest BCUT2D eigenvalue weighted by molar-refractivity contribution is 5.89. The molecule has 2 N–H and O–H groups in total. The minimum absolute atomic E-state index is 0.185. The van der Waals surface area contributed by atoms with Crippen molar-refractivity contribution in [2.75, 3.05) is 25.0 Å². The van der Waals surface area contributed by atoms with E-state index in [0.717, 1.165) is 50.0 Å². The molecule has 0 bridgehead atoms. The third kappa shape index (κ3) is 3.64. The second kappa shape index (κ2) is 7.76. The van der Waals surface area contributed by atoms with Gasteiger partial charge in [-0.3, -0.25) is 4.79 Å². The van der Waals surface area contributed by atoms with Gasteiger partial charge in [-0.25, -0.2) is 4.79 Å². The summed E-state index contributed by atoms with van der Waals surface area (Å²) in [5.41, 5.74) is 3.72. The number of benzene rings is 2. The standard InChI is InChI=1S/C26H28N2O5/c29-24(21-2-1-13-32-21)28-11-9-26(10-12-28)15-19(26)16-3-5-17(6-4-16)23-27-20-8-7-18(25(30)31)14-22(20)33-23/h3-8,14,19,21,23,27H,1-2,9-13,15H2,(H,30,31)/t19-,21-,23?/m1/s1. The molecule has 172 valence electrons. The van der Waals surface area contributed by atoms with E-state index in [1.807, 2.05) is 4.90 Å². The highest BCUT2D eigenvalue weighted by Gasteiger charge is 2.55. The van der Waals surface area contributed by atoms with Crippen LogP contribution < -0.4 is 10.1 Å². The number of fused-ring (bicyclic) bond motifs is 1. The lowest BCUT2D eigenvalue weighted by atomic mass is 9.88. The number of hydrogen-bond donors (Lipinski definition) is 2. The predicted octanol–water partition coefficient (Wildman–Crippen LogP) is 4.16. The second-order valence-corrected chi connectivity index (χ2v) is 9.77. The van der Waals surface area contributed by atoms with E-state index in [2.05, 4.69) is 29.6 Å². The Morgan fingerprint density at radius 3 is 2.52 bits per heavy atom. The number of carbonyl (C=O) groups excluding carboxylic acids is 1. The Kier molecular flexibility index (Phi) is 4.83. The molecule has 3 atom stereocenters. The summed E-state index contributed by atoms with van der Waals surface area (Å²) in [6, 6.07) is 13.5. The number of carboxylic acid groups (broad SMARTS) is 1. The van der Waals surface area contributed by atoms with Crippen LogP contribution in [0.15, 0.2) is 42.5 Å². The largest absolute Gasteiger partial charge is 0.478 e. The molecule has 1 saturated carbocycles. The van der Waals surface area contributed by atoms with E-state index < -0.39 is 5.97 Å². The van der Waals surface area contributed by atoms with Gasteiger partial charge in [0.1, 0.15) is 11.9 Å². The molecule has 3 heterocycles. The van der Waals surface area contributed by atoms with Crippen molar-refractivity contribution in [3.05, 3.63) is 59.2 Å². The van der Waals surface area contributed by atoms with Gasteiger partial charge >= 0.3 is 5.97 Å². The van der Waals surface area contributed by atoms with Crippen molar-refractivity contribution in [2.45, 2.75) is 50.4 Å². The summed E-state index contributed by atoms with van der Waals surface area (Å²) in [7, 11) is 0. The van der Waals surface area contributed by atoms with Gasteiger partial charge in [-0.05, 0) is 67.2 Å². The Labute approximate surface area is 192 Å². The number of aromatic carboxylic acids is 1. The molecule has 2 saturated heterocycles. The van der Waals surface area contributed by atoms with Crippen molar-refractivity contribution in [2.24, 2.45) is 5.41 Å². The molecule has 7 nitrogen and oxygen atoms in total. The molecule has 1 spiro atoms. The number of anilines is 1. The minimum Gasteiger partial charge on any atom is -0.478 e. The first-order valence-corrected chi connectivity index (χ1v) is 11.8. The van der Waals surface area contributed by atoms with E-state index >= 15 is 0 Å². The van der Waals surface area contributed by atoms with Crippen LogP contribution in [0.5, 0.6) is 5.75 Å². The predicted molar refractivity (Wildman–Crippen MR) is 121 cm³/mol. The van der Waals surface area contributed by atoms with Crippen molar-refractivity contribution in [3.63, 3.8) is 0 Å². The van der Waals surface area contributed by atoms with Crippen molar-refractivity contribution in [3.8, 4) is 5.75 Å². The molecule has 4 aliphatic rings. The molecule has 33 heavy (non-hydrogen) atoms. The number of carbonyl (C=O) groups is 2. The van der Waals surface area contributed by atoms with Gasteiger partial charge in [0.2, 0.25) is 0 Å². The number of rotatable bonds is 4. The zero-order chi connectivity index (χ0) is 22.6. The maximum absolute atomic E-state index is 12.6. The molecule has 3 fully saturated rings. The maximum atomic E-state index is 12.6. The van der Waals surface area contributed by atoms with E-state index in [9.17, 15) is 14.7 Å². The molecule has 3 aliphatic heterocycles. The van der Waals surface area contributed by atoms with Crippen LogP contribution in [-0.4, -0.2) is 47.7 Å². The highest BCUT2D eigenvalue weighted by atomic mass is 16.5. The van der Waals surface area contributed by atoms with Crippen LogP contribution in [0.25, 0.3) is 0 Å². The topological polar surface area (TPSA) is 88.1 Å². The summed E-state index contributed by atoms with van der Waals surface area (Å²) in [5.74, 6) is 0.341. The smallest absolute Gasteiger partial charge is 0.335 e. The first-order valence-electron chi connectivity index (χ1n) is 11.8. The number of hydrogen-bond acceptors (Lipinski definition) is 5. The fraction of sp³-hybridized carbons (Fsp3) is 0.462. The molecule has 1 aliphatic carbocycles. The van der Waals surface area contributed by atoms with Crippen LogP contribution in [-0.2, 0) is 9.53 Å². The zero-order valence-electron chi connectivity index (χ0n) is 18.5. The fourth-order valence-corrected chi connectivity index (χ4v) is 5.74. The van der Waals surface area contributed by atoms with Gasteiger partial charge in [0.05, 0.1) is 11.3 Å². The Morgan fingerprint density at radius 2 is 1.82 bits per heavy atom. The molecular formula is C26H28N2O5. The third-order valence-electron chi connectivity index (χ3n) is 7.87. The van der Waals surface area contributed by atoms with Crippen molar-refractivity contribution in [1.29, 1.82) is 0 Å². The minimum atomic E-state index is -0.963. The van der Waals surface area contributed by atoms with Gasteiger partial charge in [0.15, 0.2) is 6.23 Å². The van der Waals surface area contributed by atoms with E-state index in [1.165, 1.54) is 12.0 Å². The number of likely N-dealkylation sites (tertiary alicyclic amines) is 1. The van der Waals surface area contributed by atoms with E-state index in [-0.39, 0.29) is 23.8 Å². The lowest BCUT2D eigenvalue weighted by molar-refractivity contribution is -0.142. The first kappa shape index (κ1) is 20.5. The van der Waals surface area contributed by atoms with Crippen molar-refractivity contribution in [1.82, 2.24) is 4.90 Å². The SMILES string of the molecule is O=C(O)c1ccc2c(c1)OC(c1ccc([C@H]3CC34CCN(C(=O)[C@H]3CCCO3)CC4)cc1)N2. The van der Waals surface area contributed by atoms with Gasteiger partial charge in [0, 0.05) is 25.3 Å². The number of piperidine rings is 1. The van der Waals surface area contributed by atoms with Gasteiger partial charge in [-0.1, -0.05) is 24.3 Å². The van der Waals surface area contributed by atoms with Crippen LogP contribution in [0.1, 0.15) is 65.7 Å².